The number of para-hydroxylation sites is 1. The van der Waals surface area contributed by atoms with Gasteiger partial charge >= 0.3 is 0 Å². The summed E-state index contributed by atoms with van der Waals surface area (Å²) in [4.78, 5) is 33.9. The summed E-state index contributed by atoms with van der Waals surface area (Å²) < 4.78 is 36.8. The summed E-state index contributed by atoms with van der Waals surface area (Å²) in [6.45, 7) is 0. The molecule has 1 aliphatic rings. The predicted octanol–water partition coefficient (Wildman–Crippen LogP) is 4.01. The Morgan fingerprint density at radius 1 is 1.09 bits per heavy atom. The van der Waals surface area contributed by atoms with Crippen LogP contribution in [0.5, 0.6) is 11.5 Å². The van der Waals surface area contributed by atoms with E-state index in [1.807, 2.05) is 36.4 Å². The molecule has 0 bridgehead atoms. The fraction of sp³-hybridized carbons (Fsp3) is 0.167. The Bertz CT molecular complexity index is 2150. The van der Waals surface area contributed by atoms with Gasteiger partial charge < -0.3 is 14.5 Å². The van der Waals surface area contributed by atoms with Gasteiger partial charge in [-0.3, -0.25) is 9.59 Å². The number of benzene rings is 3. The molecule has 0 aliphatic carbocycles. The van der Waals surface area contributed by atoms with Crippen molar-refractivity contribution in [3.63, 3.8) is 0 Å². The summed E-state index contributed by atoms with van der Waals surface area (Å²) in [6, 6.07) is 18.4. The molecule has 3 heterocycles. The summed E-state index contributed by atoms with van der Waals surface area (Å²) in [5, 5.41) is 16.1. The normalized spacial score (nSPS) is 14.8. The summed E-state index contributed by atoms with van der Waals surface area (Å²) in [5.41, 5.74) is 2.60. The van der Waals surface area contributed by atoms with Gasteiger partial charge in [0.25, 0.3) is 11.5 Å². The van der Waals surface area contributed by atoms with Crippen molar-refractivity contribution in [2.24, 2.45) is 10.2 Å². The highest BCUT2D eigenvalue weighted by molar-refractivity contribution is 9.10. The summed E-state index contributed by atoms with van der Waals surface area (Å²) >= 11 is 4.50. The van der Waals surface area contributed by atoms with Crippen LogP contribution in [-0.2, 0) is 14.8 Å². The van der Waals surface area contributed by atoms with Gasteiger partial charge in [0.05, 0.1) is 48.5 Å². The minimum atomic E-state index is -3.88. The third-order valence-electron chi connectivity index (χ3n) is 7.29. The zero-order chi connectivity index (χ0) is 32.6. The lowest BCUT2D eigenvalue weighted by Gasteiger charge is -2.24. The van der Waals surface area contributed by atoms with Gasteiger partial charge in [-0.25, -0.2) is 28.2 Å². The first-order valence-electron chi connectivity index (χ1n) is 13.7. The lowest BCUT2D eigenvalue weighted by Crippen LogP contribution is -2.29. The first-order chi connectivity index (χ1) is 22.1. The van der Waals surface area contributed by atoms with Crippen molar-refractivity contribution >= 4 is 60.4 Å². The number of thioether (sulfide) groups is 1. The van der Waals surface area contributed by atoms with E-state index in [2.05, 4.69) is 31.0 Å². The third kappa shape index (κ3) is 6.16. The number of fused-ring (bicyclic) bond motifs is 1. The van der Waals surface area contributed by atoms with Gasteiger partial charge in [0, 0.05) is 16.5 Å². The maximum atomic E-state index is 13.8. The summed E-state index contributed by atoms with van der Waals surface area (Å²) in [7, 11) is -0.782. The van der Waals surface area contributed by atoms with Crippen LogP contribution in [0.25, 0.3) is 16.7 Å². The van der Waals surface area contributed by atoms with E-state index in [1.54, 1.807) is 20.3 Å². The zero-order valence-corrected chi connectivity index (χ0v) is 27.6. The van der Waals surface area contributed by atoms with Gasteiger partial charge in [-0.2, -0.15) is 10.2 Å². The number of hydrogen-bond donors (Lipinski definition) is 2. The van der Waals surface area contributed by atoms with Crippen molar-refractivity contribution in [3.8, 4) is 17.2 Å². The Hall–Kier alpha value is -4.51. The number of ether oxygens (including phenoxy) is 2. The Morgan fingerprint density at radius 2 is 1.83 bits per heavy atom. The molecule has 3 N–H and O–H groups in total. The number of rotatable bonds is 9. The number of amides is 1. The summed E-state index contributed by atoms with van der Waals surface area (Å²) in [6.07, 6.45) is 1.80. The molecular weight excluding hydrogens is 698 g/mol. The van der Waals surface area contributed by atoms with E-state index < -0.39 is 21.6 Å². The molecule has 0 unspecified atom stereocenters. The number of carbonyl (C=O) groups is 1. The molecule has 0 saturated heterocycles. The van der Waals surface area contributed by atoms with Crippen molar-refractivity contribution in [2.45, 2.75) is 22.5 Å². The topological polar surface area (TPSA) is 175 Å². The monoisotopic (exact) mass is 723 g/mol. The molecule has 0 saturated carbocycles. The fourth-order valence-corrected chi connectivity index (χ4v) is 6.59. The average Bonchev–Trinajstić information content (AvgIpc) is 3.69. The van der Waals surface area contributed by atoms with Crippen LogP contribution in [0.15, 0.2) is 97.3 Å². The number of aromatic amines is 1. The number of nitrogens with zero attached hydrogens (tertiary/aromatic N) is 5. The fourth-order valence-electron chi connectivity index (χ4n) is 5.10. The molecule has 0 spiro atoms. The highest BCUT2D eigenvalue weighted by atomic mass is 79.9. The first kappa shape index (κ1) is 31.5. The predicted molar refractivity (Wildman–Crippen MR) is 176 cm³/mol. The van der Waals surface area contributed by atoms with Gasteiger partial charge in [-0.1, -0.05) is 52.0 Å². The number of H-pyrrole nitrogens is 1. The van der Waals surface area contributed by atoms with E-state index >= 15 is 0 Å². The number of halogens is 1. The minimum absolute atomic E-state index is 0.0639. The molecule has 0 radical (unpaired) electrons. The average molecular weight is 725 g/mol. The molecule has 1 atom stereocenters. The molecule has 46 heavy (non-hydrogen) atoms. The molecule has 6 rings (SSSR count). The maximum absolute atomic E-state index is 13.8. The maximum Gasteiger partial charge on any atom is 0.262 e. The molecule has 0 fully saturated rings. The minimum Gasteiger partial charge on any atom is -0.493 e. The lowest BCUT2D eigenvalue weighted by atomic mass is 9.97. The van der Waals surface area contributed by atoms with Gasteiger partial charge in [0.15, 0.2) is 22.3 Å². The number of nitrogens with one attached hydrogen (secondary N) is 1. The van der Waals surface area contributed by atoms with E-state index in [9.17, 15) is 18.0 Å². The Morgan fingerprint density at radius 3 is 2.50 bits per heavy atom. The van der Waals surface area contributed by atoms with Gasteiger partial charge in [-0.05, 0) is 48.0 Å². The molecule has 1 aliphatic heterocycles. The molecular formula is C30H26BrN7O6S2. The second-order valence-electron chi connectivity index (χ2n) is 10.1. The van der Waals surface area contributed by atoms with Crippen LogP contribution in [0.1, 0.15) is 23.6 Å². The van der Waals surface area contributed by atoms with Crippen molar-refractivity contribution in [3.05, 3.63) is 98.9 Å². The quantitative estimate of drug-likeness (QED) is 0.168. The van der Waals surface area contributed by atoms with E-state index in [0.717, 1.165) is 33.1 Å². The van der Waals surface area contributed by atoms with Crippen LogP contribution in [0.2, 0.25) is 0 Å². The number of methoxy groups -OCH3 is 2. The molecule has 13 nitrogen and oxygen atoms in total. The third-order valence-corrected chi connectivity index (χ3v) is 9.61. The van der Waals surface area contributed by atoms with E-state index in [0.29, 0.717) is 23.6 Å². The van der Waals surface area contributed by atoms with Crippen LogP contribution in [-0.4, -0.2) is 64.8 Å². The summed E-state index contributed by atoms with van der Waals surface area (Å²) in [5.74, 6) is 0.632. The van der Waals surface area contributed by atoms with E-state index in [4.69, 9.17) is 19.7 Å². The van der Waals surface area contributed by atoms with Gasteiger partial charge in [0.2, 0.25) is 10.0 Å². The molecule has 2 aromatic heterocycles. The SMILES string of the molecule is COc1cccc([C@@H]2CC(c3ccc(Br)cc3)=NN2C(=O)CSc2nc3c(cnn3-c3ccc(S(N)(=O)=O)cc3)c(=O)[nH]2)c1OC. The second kappa shape index (κ2) is 12.7. The Labute approximate surface area is 275 Å². The van der Waals surface area contributed by atoms with E-state index in [1.165, 1.54) is 40.2 Å². The van der Waals surface area contributed by atoms with Gasteiger partial charge in [0.1, 0.15) is 5.39 Å². The van der Waals surface area contributed by atoms with Crippen LogP contribution in [0, 0.1) is 0 Å². The molecule has 3 aromatic carbocycles. The van der Waals surface area contributed by atoms with Gasteiger partial charge in [-0.15, -0.1) is 0 Å². The largest absolute Gasteiger partial charge is 0.493 e. The van der Waals surface area contributed by atoms with Crippen LogP contribution >= 0.6 is 27.7 Å². The number of sulfonamides is 1. The highest BCUT2D eigenvalue weighted by Crippen LogP contribution is 2.42. The smallest absolute Gasteiger partial charge is 0.262 e. The number of aromatic nitrogens is 4. The number of primary sulfonamides is 1. The van der Waals surface area contributed by atoms with Crippen LogP contribution in [0.3, 0.4) is 0 Å². The molecule has 236 valence electrons. The van der Waals surface area contributed by atoms with Crippen LogP contribution in [0.4, 0.5) is 0 Å². The second-order valence-corrected chi connectivity index (χ2v) is 13.5. The number of hydrazone groups is 1. The van der Waals surface area contributed by atoms with Crippen molar-refractivity contribution in [2.75, 3.05) is 20.0 Å². The zero-order valence-electron chi connectivity index (χ0n) is 24.4. The number of carbonyl (C=O) groups excluding carboxylic acids is 1. The van der Waals surface area contributed by atoms with Crippen molar-refractivity contribution in [1.29, 1.82) is 0 Å². The molecule has 16 heteroatoms. The lowest BCUT2D eigenvalue weighted by molar-refractivity contribution is -0.130. The standard InChI is InChI=1S/C30H26BrN7O6S2/c1-43-25-5-3-4-21(27(25)44-2)24-14-23(17-6-8-18(31)9-7-17)36-38(24)26(39)16-45-30-34-28-22(29(40)35-30)15-33-37(28)19-10-12-20(13-11-19)46(32,41)42/h3-13,15,24H,14,16H2,1-2H3,(H2,32,41,42)(H,34,35,40)/t24-/m0/s1. The molecule has 5 aromatic rings. The Kier molecular flexibility index (Phi) is 8.69. The highest BCUT2D eigenvalue weighted by Gasteiger charge is 2.35. The molecule has 1 amide bonds. The number of nitrogens with two attached hydrogens (primary N) is 1. The van der Waals surface area contributed by atoms with Crippen molar-refractivity contribution in [1.82, 2.24) is 24.8 Å². The number of hydrogen-bond acceptors (Lipinski definition) is 10. The van der Waals surface area contributed by atoms with E-state index in [-0.39, 0.29) is 32.7 Å². The van der Waals surface area contributed by atoms with Crippen LogP contribution < -0.4 is 20.2 Å². The Balaban J connectivity index is 1.30. The first-order valence-corrected chi connectivity index (χ1v) is 17.0. The van der Waals surface area contributed by atoms with Crippen molar-refractivity contribution < 1.29 is 22.7 Å².